The highest BCUT2D eigenvalue weighted by Crippen LogP contribution is 2.27. The zero-order chi connectivity index (χ0) is 47.6. The minimum absolute atomic E-state index is 0.188. The summed E-state index contributed by atoms with van der Waals surface area (Å²) in [6.45, 7) is 6.87. The van der Waals surface area contributed by atoms with Gasteiger partial charge in [0.1, 0.15) is 0 Å². The molecule has 5 heteroatoms. The van der Waals surface area contributed by atoms with E-state index in [-0.39, 0.29) is 11.8 Å². The van der Waals surface area contributed by atoms with E-state index in [0.717, 1.165) is 54.1 Å². The molecule has 1 rings (SSSR count). The summed E-state index contributed by atoms with van der Waals surface area (Å²) in [5, 5.41) is 2.72. The van der Waals surface area contributed by atoms with Crippen LogP contribution < -0.4 is 5.32 Å². The first-order valence-electron chi connectivity index (χ1n) is 29.8. The van der Waals surface area contributed by atoms with E-state index in [9.17, 15) is 12.7 Å². The molecule has 4 nitrogen and oxygen atoms in total. The van der Waals surface area contributed by atoms with Crippen LogP contribution in [0.1, 0.15) is 350 Å². The summed E-state index contributed by atoms with van der Waals surface area (Å²) in [7, 11) is 0. The lowest BCUT2D eigenvalue weighted by molar-refractivity contribution is -0.120. The van der Waals surface area contributed by atoms with Crippen LogP contribution in [0.2, 0.25) is 0 Å². The van der Waals surface area contributed by atoms with Gasteiger partial charge >= 0.3 is 0 Å². The lowest BCUT2D eigenvalue weighted by Gasteiger charge is -2.14. The van der Waals surface area contributed by atoms with E-state index in [1.165, 1.54) is 275 Å². The highest BCUT2D eigenvalue weighted by atomic mass is 127. The molecule has 1 aromatic carbocycles. The number of unbranched alkanes of at least 4 members (excludes halogenated alkanes) is 44. The maximum atomic E-state index is 13.7. The molecule has 386 valence electrons. The topological polar surface area (TPSA) is 63.2 Å². The second-order valence-corrected chi connectivity index (χ2v) is 22.4. The third-order valence-electron chi connectivity index (χ3n) is 14.4. The predicted molar refractivity (Wildman–Crippen MR) is 298 cm³/mol. The van der Waals surface area contributed by atoms with Crippen LogP contribution in [-0.4, -0.2) is 11.8 Å². The van der Waals surface area contributed by atoms with Crippen molar-refractivity contribution in [3.63, 3.8) is 0 Å². The molecule has 66 heavy (non-hydrogen) atoms. The lowest BCUT2D eigenvalue weighted by Crippen LogP contribution is -2.31. The molecule has 0 saturated carbocycles. The number of carbonyl (C=O) groups is 2. The van der Waals surface area contributed by atoms with E-state index in [2.05, 4.69) is 32.2 Å². The van der Waals surface area contributed by atoms with Crippen LogP contribution in [-0.2, 0) is 20.7 Å². The second-order valence-electron chi connectivity index (χ2n) is 20.9. The van der Waals surface area contributed by atoms with E-state index in [1.54, 1.807) is 0 Å². The fourth-order valence-corrected chi connectivity index (χ4v) is 11.3. The normalized spacial score (nSPS) is 11.5. The summed E-state index contributed by atoms with van der Waals surface area (Å²) < 4.78 is 13.6. The van der Waals surface area contributed by atoms with E-state index in [1.807, 2.05) is 6.07 Å². The van der Waals surface area contributed by atoms with Crippen LogP contribution in [0.3, 0.4) is 0 Å². The fourth-order valence-electron chi connectivity index (χ4n) is 9.99. The van der Waals surface area contributed by atoms with Gasteiger partial charge in [0.05, 0.1) is 9.13 Å². The van der Waals surface area contributed by atoms with Crippen molar-refractivity contribution in [2.24, 2.45) is 0 Å². The van der Waals surface area contributed by atoms with Crippen molar-refractivity contribution in [1.82, 2.24) is 5.32 Å². The highest BCUT2D eigenvalue weighted by Gasteiger charge is 2.19. The molecule has 0 aromatic heterocycles. The Bertz CT molecular complexity index is 1230. The molecular formula is C61H112INO3. The molecule has 0 radical (unpaired) electrons. The number of benzene rings is 1. The third-order valence-corrected chi connectivity index (χ3v) is 16.1. The summed E-state index contributed by atoms with van der Waals surface area (Å²) in [6.07, 6.45) is 64.8. The zero-order valence-corrected chi connectivity index (χ0v) is 46.8. The smallest absolute Gasteiger partial charge is 0.259 e. The average molecular weight is 1030 g/mol. The lowest BCUT2D eigenvalue weighted by atomic mass is 9.96. The van der Waals surface area contributed by atoms with Gasteiger partial charge in [0, 0.05) is 6.42 Å². The number of aryl methyl sites for hydroxylation is 2. The van der Waals surface area contributed by atoms with E-state index < -0.39 is 21.2 Å². The number of imide groups is 1. The molecule has 0 aliphatic carbocycles. The molecule has 0 atom stereocenters. The van der Waals surface area contributed by atoms with Crippen LogP contribution in [0.4, 0.5) is 0 Å². The Morgan fingerprint density at radius 2 is 0.636 bits per heavy atom. The fraction of sp³-hybridized carbons (Fsp3) is 0.869. The van der Waals surface area contributed by atoms with Gasteiger partial charge in [-0.05, 0) is 49.3 Å². The molecule has 0 saturated heterocycles. The second kappa shape index (κ2) is 50.3. The number of hydrogen-bond donors (Lipinski definition) is 1. The minimum atomic E-state index is -1.54. The first-order valence-corrected chi connectivity index (χ1v) is 31.8. The Morgan fingerprint density at radius 3 is 0.939 bits per heavy atom. The van der Waals surface area contributed by atoms with Crippen LogP contribution in [0.5, 0.6) is 0 Å². The Kier molecular flexibility index (Phi) is 47.9. The molecule has 0 spiro atoms. The predicted octanol–water partition coefficient (Wildman–Crippen LogP) is 21.3. The maximum absolute atomic E-state index is 13.7. The van der Waals surface area contributed by atoms with Gasteiger partial charge < -0.3 is 0 Å². The van der Waals surface area contributed by atoms with Crippen LogP contribution in [0.25, 0.3) is 0 Å². The van der Waals surface area contributed by atoms with Gasteiger partial charge in [-0.2, -0.15) is 0 Å². The summed E-state index contributed by atoms with van der Waals surface area (Å²) in [5.41, 5.74) is 2.77. The quantitative estimate of drug-likeness (QED) is 0.0522. The molecular weight excluding hydrogens is 922 g/mol. The molecule has 2 amide bonds. The molecule has 0 aliphatic heterocycles. The molecule has 1 aromatic rings. The molecule has 0 bridgehead atoms. The van der Waals surface area contributed by atoms with Crippen LogP contribution >= 0.6 is 21.2 Å². The summed E-state index contributed by atoms with van der Waals surface area (Å²) in [6, 6.07) is 4.24. The van der Waals surface area contributed by atoms with Crippen LogP contribution in [0.15, 0.2) is 12.1 Å². The first kappa shape index (κ1) is 62.9. The number of nitrogens with one attached hydrogen (secondary N) is 1. The number of hydrogen-bond acceptors (Lipinski definition) is 3. The first-order chi connectivity index (χ1) is 32.6. The molecule has 0 unspecified atom stereocenters. The Labute approximate surface area is 422 Å². The molecule has 0 fully saturated rings. The number of halogens is 1. The standard InChI is InChI=1S/C61H112INO3/c1-4-7-10-13-16-19-22-25-28-31-33-36-39-42-45-48-51-56-54-57(52-49-46-43-40-37-34-32-29-26-23-20-17-14-11-8-5-2)60(62-66)58(55-56)61(65)63-59(64)53-50-47-44-41-38-35-30-27-24-21-18-15-12-9-6-3/h54-55H,4-53H2,1-3H3,(H,63,64,65). The Hall–Kier alpha value is -1.11. The largest absolute Gasteiger partial charge is 0.292 e. The van der Waals surface area contributed by atoms with Crippen LogP contribution in [0, 0.1) is 3.57 Å². The Balaban J connectivity index is 2.50. The maximum Gasteiger partial charge on any atom is 0.259 e. The summed E-state index contributed by atoms with van der Waals surface area (Å²) in [5.74, 6) is -0.527. The third kappa shape index (κ3) is 39.7. The van der Waals surface area contributed by atoms with E-state index in [0.29, 0.717) is 12.0 Å². The van der Waals surface area contributed by atoms with Gasteiger partial charge in [0.15, 0.2) is 21.2 Å². The van der Waals surface area contributed by atoms with E-state index >= 15 is 0 Å². The number of amides is 2. The van der Waals surface area contributed by atoms with Gasteiger partial charge in [-0.3, -0.25) is 18.0 Å². The molecule has 0 heterocycles. The van der Waals surface area contributed by atoms with Crippen molar-refractivity contribution in [2.75, 3.05) is 0 Å². The van der Waals surface area contributed by atoms with Gasteiger partial charge in [0.25, 0.3) is 5.91 Å². The van der Waals surface area contributed by atoms with Gasteiger partial charge in [-0.15, -0.1) is 0 Å². The van der Waals surface area contributed by atoms with Gasteiger partial charge in [-0.1, -0.05) is 309 Å². The summed E-state index contributed by atoms with van der Waals surface area (Å²) in [4.78, 5) is 26.7. The van der Waals surface area contributed by atoms with Crippen molar-refractivity contribution in [3.8, 4) is 0 Å². The average Bonchev–Trinajstić information content (AvgIpc) is 3.32. The van der Waals surface area contributed by atoms with E-state index in [4.69, 9.17) is 0 Å². The van der Waals surface area contributed by atoms with Crippen molar-refractivity contribution >= 4 is 33.0 Å². The van der Waals surface area contributed by atoms with Crippen molar-refractivity contribution < 1.29 is 12.7 Å². The zero-order valence-electron chi connectivity index (χ0n) is 44.6. The van der Waals surface area contributed by atoms with Gasteiger partial charge in [0.2, 0.25) is 5.91 Å². The monoisotopic (exact) mass is 1030 g/mol. The Morgan fingerprint density at radius 1 is 0.364 bits per heavy atom. The highest BCUT2D eigenvalue weighted by molar-refractivity contribution is 14.1. The minimum Gasteiger partial charge on any atom is -0.292 e. The number of rotatable bonds is 52. The van der Waals surface area contributed by atoms with Crippen molar-refractivity contribution in [2.45, 2.75) is 342 Å². The van der Waals surface area contributed by atoms with Crippen molar-refractivity contribution in [3.05, 3.63) is 32.4 Å². The number of carbonyl (C=O) groups excluding carboxylic acids is 2. The molecule has 1 N–H and O–H groups in total. The van der Waals surface area contributed by atoms with Crippen molar-refractivity contribution in [1.29, 1.82) is 0 Å². The van der Waals surface area contributed by atoms with Gasteiger partial charge in [-0.25, -0.2) is 0 Å². The molecule has 0 aliphatic rings. The summed E-state index contributed by atoms with van der Waals surface area (Å²) >= 11 is -1.54. The SMILES string of the molecule is CCCCCCCCCCCCCCCCCCc1cc(CCCCCCCCCCCCCCCCCC)c(I=O)c(C(=O)NC(=O)CCCCCCCCCCCCCCCCC)c1.